The van der Waals surface area contributed by atoms with E-state index in [2.05, 4.69) is 14.9 Å². The Balaban J connectivity index is 1.39. The molecule has 0 radical (unpaired) electrons. The molecule has 0 bridgehead atoms. The minimum Gasteiger partial charge on any atom is -0.332 e. The van der Waals surface area contributed by atoms with E-state index < -0.39 is 0 Å². The van der Waals surface area contributed by atoms with E-state index in [1.165, 1.54) is 5.56 Å². The van der Waals surface area contributed by atoms with Crippen LogP contribution >= 0.6 is 0 Å². The van der Waals surface area contributed by atoms with Crippen LogP contribution in [0.2, 0.25) is 0 Å². The van der Waals surface area contributed by atoms with Crippen molar-refractivity contribution < 1.29 is 4.79 Å². The number of fused-ring (bicyclic) bond motifs is 1. The van der Waals surface area contributed by atoms with Crippen LogP contribution in [0.15, 0.2) is 29.3 Å². The van der Waals surface area contributed by atoms with Gasteiger partial charge in [-0.2, -0.15) is 0 Å². The lowest BCUT2D eigenvalue weighted by Crippen LogP contribution is -2.45. The fourth-order valence-corrected chi connectivity index (χ4v) is 4.92. The highest BCUT2D eigenvalue weighted by atomic mass is 16.2. The highest BCUT2D eigenvalue weighted by molar-refractivity contribution is 5.80. The maximum absolute atomic E-state index is 13.0. The number of carbonyl (C=O) groups excluding carboxylic acids is 1. The van der Waals surface area contributed by atoms with Crippen molar-refractivity contribution in [2.24, 2.45) is 5.92 Å². The standard InChI is InChI=1S/C23H29N5O2/c29-22-18-9-13-27(14-16-7-10-24-11-8-16)15-19(18)25-21(26-22)20-6-1-2-12-28(20)23(30)17-4-3-5-17/h7-8,10-11,17,20H,1-6,9,12-15H2,(H,25,26,29). The number of amides is 1. The lowest BCUT2D eigenvalue weighted by atomic mass is 9.83. The molecule has 7 nitrogen and oxygen atoms in total. The molecule has 2 aromatic rings. The number of rotatable bonds is 4. The van der Waals surface area contributed by atoms with Gasteiger partial charge >= 0.3 is 0 Å². The predicted octanol–water partition coefficient (Wildman–Crippen LogP) is 2.58. The summed E-state index contributed by atoms with van der Waals surface area (Å²) in [6.07, 6.45) is 10.4. The number of piperidine rings is 1. The van der Waals surface area contributed by atoms with Gasteiger partial charge in [-0.1, -0.05) is 6.42 Å². The van der Waals surface area contributed by atoms with E-state index in [0.29, 0.717) is 18.8 Å². The second-order valence-electron chi connectivity index (χ2n) is 8.86. The Bertz CT molecular complexity index is 969. The third kappa shape index (κ3) is 3.78. The molecule has 1 unspecified atom stereocenters. The molecule has 1 atom stereocenters. The number of H-pyrrole nitrogens is 1. The molecule has 30 heavy (non-hydrogen) atoms. The van der Waals surface area contributed by atoms with Crippen molar-refractivity contribution in [3.63, 3.8) is 0 Å². The third-order valence-corrected chi connectivity index (χ3v) is 6.88. The summed E-state index contributed by atoms with van der Waals surface area (Å²) in [4.78, 5) is 42.2. The number of pyridine rings is 1. The van der Waals surface area contributed by atoms with Gasteiger partial charge in [-0.05, 0) is 56.2 Å². The number of nitrogens with zero attached hydrogens (tertiary/aromatic N) is 4. The van der Waals surface area contributed by atoms with Gasteiger partial charge in [0.05, 0.1) is 11.7 Å². The van der Waals surface area contributed by atoms with E-state index in [-0.39, 0.29) is 23.4 Å². The summed E-state index contributed by atoms with van der Waals surface area (Å²) in [5.41, 5.74) is 2.86. The first-order valence-corrected chi connectivity index (χ1v) is 11.2. The van der Waals surface area contributed by atoms with Gasteiger partial charge in [0, 0.05) is 50.1 Å². The number of carbonyl (C=O) groups is 1. The Morgan fingerprint density at radius 3 is 2.70 bits per heavy atom. The van der Waals surface area contributed by atoms with Crippen molar-refractivity contribution in [2.75, 3.05) is 13.1 Å². The quantitative estimate of drug-likeness (QED) is 0.842. The Morgan fingerprint density at radius 2 is 1.93 bits per heavy atom. The van der Waals surface area contributed by atoms with E-state index in [1.54, 1.807) is 0 Å². The molecule has 1 saturated heterocycles. The fraction of sp³-hybridized carbons (Fsp3) is 0.565. The molecule has 1 saturated carbocycles. The Kier molecular flexibility index (Phi) is 5.37. The zero-order valence-corrected chi connectivity index (χ0v) is 17.3. The van der Waals surface area contributed by atoms with Gasteiger partial charge in [-0.3, -0.25) is 19.5 Å². The number of aromatic nitrogens is 3. The van der Waals surface area contributed by atoms with Crippen LogP contribution < -0.4 is 5.56 Å². The van der Waals surface area contributed by atoms with Crippen LogP contribution in [0.4, 0.5) is 0 Å². The van der Waals surface area contributed by atoms with Crippen molar-refractivity contribution in [3.05, 3.63) is 57.5 Å². The summed E-state index contributed by atoms with van der Waals surface area (Å²) in [5, 5.41) is 0. The average Bonchev–Trinajstić information content (AvgIpc) is 2.73. The van der Waals surface area contributed by atoms with E-state index in [1.807, 2.05) is 29.4 Å². The summed E-state index contributed by atoms with van der Waals surface area (Å²) < 4.78 is 0. The Morgan fingerprint density at radius 1 is 1.10 bits per heavy atom. The number of hydrogen-bond donors (Lipinski definition) is 1. The molecule has 0 aromatic carbocycles. The number of aromatic amines is 1. The SMILES string of the molecule is O=C(C1CCC1)N1CCCCC1c1nc2c(c(=O)[nH]1)CCN(Cc1ccncc1)C2. The summed E-state index contributed by atoms with van der Waals surface area (Å²) >= 11 is 0. The molecule has 7 heteroatoms. The van der Waals surface area contributed by atoms with Crippen LogP contribution in [-0.2, 0) is 24.3 Å². The molecule has 4 heterocycles. The maximum Gasteiger partial charge on any atom is 0.254 e. The predicted molar refractivity (Wildman–Crippen MR) is 113 cm³/mol. The van der Waals surface area contributed by atoms with Crippen LogP contribution in [-0.4, -0.2) is 43.7 Å². The minimum absolute atomic E-state index is 0.0276. The molecular formula is C23H29N5O2. The molecule has 5 rings (SSSR count). The van der Waals surface area contributed by atoms with E-state index in [9.17, 15) is 9.59 Å². The lowest BCUT2D eigenvalue weighted by Gasteiger charge is -2.39. The molecule has 0 spiro atoms. The Labute approximate surface area is 176 Å². The Hall–Kier alpha value is -2.54. The first-order chi connectivity index (χ1) is 14.7. The number of likely N-dealkylation sites (tertiary alicyclic amines) is 1. The molecule has 158 valence electrons. The molecule has 3 aliphatic rings. The van der Waals surface area contributed by atoms with Crippen LogP contribution in [0.1, 0.15) is 67.2 Å². The largest absolute Gasteiger partial charge is 0.332 e. The van der Waals surface area contributed by atoms with E-state index in [4.69, 9.17) is 4.98 Å². The zero-order valence-electron chi connectivity index (χ0n) is 17.3. The second-order valence-corrected chi connectivity index (χ2v) is 8.86. The summed E-state index contributed by atoms with van der Waals surface area (Å²) in [7, 11) is 0. The van der Waals surface area contributed by atoms with E-state index >= 15 is 0 Å². The number of nitrogens with one attached hydrogen (secondary N) is 1. The van der Waals surface area contributed by atoms with Crippen LogP contribution in [0, 0.1) is 5.92 Å². The topological polar surface area (TPSA) is 82.2 Å². The molecule has 2 aromatic heterocycles. The van der Waals surface area contributed by atoms with Crippen LogP contribution in [0.3, 0.4) is 0 Å². The molecule has 1 amide bonds. The molecule has 1 aliphatic carbocycles. The van der Waals surface area contributed by atoms with Crippen LogP contribution in [0.25, 0.3) is 0 Å². The third-order valence-electron chi connectivity index (χ3n) is 6.88. The van der Waals surface area contributed by atoms with Gasteiger partial charge in [0.15, 0.2) is 0 Å². The van der Waals surface area contributed by atoms with Gasteiger partial charge in [-0.25, -0.2) is 4.98 Å². The zero-order chi connectivity index (χ0) is 20.5. The van der Waals surface area contributed by atoms with Gasteiger partial charge in [-0.15, -0.1) is 0 Å². The van der Waals surface area contributed by atoms with Crippen LogP contribution in [0.5, 0.6) is 0 Å². The molecule has 2 aliphatic heterocycles. The van der Waals surface area contributed by atoms with Gasteiger partial charge < -0.3 is 9.88 Å². The average molecular weight is 408 g/mol. The molecular weight excluding hydrogens is 378 g/mol. The second kappa shape index (κ2) is 8.30. The summed E-state index contributed by atoms with van der Waals surface area (Å²) in [6.45, 7) is 3.10. The van der Waals surface area contributed by atoms with Gasteiger partial charge in [0.1, 0.15) is 5.82 Å². The van der Waals surface area contributed by atoms with Gasteiger partial charge in [0.2, 0.25) is 5.91 Å². The maximum atomic E-state index is 13.0. The first-order valence-electron chi connectivity index (χ1n) is 11.2. The normalized spacial score (nSPS) is 22.4. The minimum atomic E-state index is -0.0968. The number of hydrogen-bond acceptors (Lipinski definition) is 5. The molecule has 2 fully saturated rings. The fourth-order valence-electron chi connectivity index (χ4n) is 4.92. The lowest BCUT2D eigenvalue weighted by molar-refractivity contribution is -0.142. The molecule has 1 N–H and O–H groups in total. The summed E-state index contributed by atoms with van der Waals surface area (Å²) in [6, 6.07) is 3.96. The van der Waals surface area contributed by atoms with Crippen molar-refractivity contribution in [3.8, 4) is 0 Å². The highest BCUT2D eigenvalue weighted by Crippen LogP contribution is 2.35. The van der Waals surface area contributed by atoms with Gasteiger partial charge in [0.25, 0.3) is 5.56 Å². The van der Waals surface area contributed by atoms with Crippen molar-refractivity contribution >= 4 is 5.91 Å². The van der Waals surface area contributed by atoms with Crippen molar-refractivity contribution in [1.82, 2.24) is 24.8 Å². The van der Waals surface area contributed by atoms with Crippen molar-refractivity contribution in [2.45, 2.75) is 64.1 Å². The van der Waals surface area contributed by atoms with Crippen molar-refractivity contribution in [1.29, 1.82) is 0 Å². The summed E-state index contributed by atoms with van der Waals surface area (Å²) in [5.74, 6) is 1.10. The highest BCUT2D eigenvalue weighted by Gasteiger charge is 2.36. The van der Waals surface area contributed by atoms with E-state index in [0.717, 1.165) is 69.4 Å². The smallest absolute Gasteiger partial charge is 0.254 e. The monoisotopic (exact) mass is 407 g/mol. The first kappa shape index (κ1) is 19.4.